The number of methoxy groups -OCH3 is 1. The Labute approximate surface area is 157 Å². The number of carboxylic acids is 1. The fourth-order valence-corrected chi connectivity index (χ4v) is 4.20. The van der Waals surface area contributed by atoms with Gasteiger partial charge in [-0.1, -0.05) is 24.3 Å². The second kappa shape index (κ2) is 7.02. The molecule has 1 aromatic heterocycles. The number of amides is 1. The zero-order valence-electron chi connectivity index (χ0n) is 15.3. The largest absolute Gasteiger partial charge is 0.481 e. The van der Waals surface area contributed by atoms with Crippen LogP contribution in [0, 0.1) is 0 Å². The molecule has 0 fully saturated rings. The maximum Gasteiger partial charge on any atom is 0.305 e. The van der Waals surface area contributed by atoms with Crippen LogP contribution in [0.1, 0.15) is 51.6 Å². The van der Waals surface area contributed by atoms with E-state index in [-0.39, 0.29) is 12.3 Å². The summed E-state index contributed by atoms with van der Waals surface area (Å²) in [5.74, 6) is -0.808. The van der Waals surface area contributed by atoms with Crippen LogP contribution < -0.4 is 4.74 Å². The van der Waals surface area contributed by atoms with E-state index in [1.54, 1.807) is 4.90 Å². The van der Waals surface area contributed by atoms with Crippen molar-refractivity contribution in [3.05, 3.63) is 58.3 Å². The summed E-state index contributed by atoms with van der Waals surface area (Å²) in [4.78, 5) is 31.1. The van der Waals surface area contributed by atoms with E-state index in [2.05, 4.69) is 4.98 Å². The van der Waals surface area contributed by atoms with Crippen molar-refractivity contribution in [3.8, 4) is 5.88 Å². The van der Waals surface area contributed by atoms with E-state index < -0.39 is 12.0 Å². The molecule has 6 heteroatoms. The van der Waals surface area contributed by atoms with Gasteiger partial charge in [0.15, 0.2) is 0 Å². The van der Waals surface area contributed by atoms with E-state index in [0.29, 0.717) is 24.4 Å². The molecule has 2 aliphatic rings. The summed E-state index contributed by atoms with van der Waals surface area (Å²) in [6.45, 7) is 0.480. The second-order valence-electron chi connectivity index (χ2n) is 7.07. The Morgan fingerprint density at radius 2 is 2.04 bits per heavy atom. The fourth-order valence-electron chi connectivity index (χ4n) is 4.20. The lowest BCUT2D eigenvalue weighted by atomic mass is 9.90. The number of pyridine rings is 1. The number of hydrogen-bond donors (Lipinski definition) is 1. The van der Waals surface area contributed by atoms with Gasteiger partial charge in [-0.15, -0.1) is 0 Å². The van der Waals surface area contributed by atoms with Crippen molar-refractivity contribution in [2.45, 2.75) is 38.1 Å². The Balaban J connectivity index is 1.74. The van der Waals surface area contributed by atoms with Gasteiger partial charge in [0.05, 0.1) is 19.6 Å². The number of carbonyl (C=O) groups is 2. The number of carboxylic acid groups (broad SMARTS) is 1. The number of fused-ring (bicyclic) bond motifs is 2. The van der Waals surface area contributed by atoms with Crippen molar-refractivity contribution >= 4 is 11.9 Å². The number of ether oxygens (including phenoxy) is 1. The summed E-state index contributed by atoms with van der Waals surface area (Å²) in [5, 5.41) is 9.41. The molecule has 1 unspecified atom stereocenters. The van der Waals surface area contributed by atoms with Crippen molar-refractivity contribution in [2.24, 2.45) is 0 Å². The van der Waals surface area contributed by atoms with Crippen LogP contribution in [0.5, 0.6) is 5.88 Å². The van der Waals surface area contributed by atoms with Crippen molar-refractivity contribution < 1.29 is 19.4 Å². The summed E-state index contributed by atoms with van der Waals surface area (Å²) in [6.07, 6.45) is 3.43. The number of hydrogen-bond acceptors (Lipinski definition) is 4. The SMILES string of the molecule is COc1nc2c(cc1C(=O)N1CCc3ccccc3C1CC(=O)O)CCC2. The summed E-state index contributed by atoms with van der Waals surface area (Å²) in [5.41, 5.74) is 4.52. The summed E-state index contributed by atoms with van der Waals surface area (Å²) in [6, 6.07) is 9.15. The number of aromatic nitrogens is 1. The average molecular weight is 366 g/mol. The molecule has 6 nitrogen and oxygen atoms in total. The van der Waals surface area contributed by atoms with Gasteiger partial charge in [0.1, 0.15) is 5.56 Å². The Hall–Kier alpha value is -2.89. The zero-order valence-corrected chi connectivity index (χ0v) is 15.3. The molecule has 2 heterocycles. The molecule has 0 saturated heterocycles. The minimum atomic E-state index is -0.923. The van der Waals surface area contributed by atoms with Gasteiger partial charge in [0.25, 0.3) is 5.91 Å². The second-order valence-corrected chi connectivity index (χ2v) is 7.07. The Morgan fingerprint density at radius 3 is 2.81 bits per heavy atom. The number of aryl methyl sites for hydroxylation is 2. The highest BCUT2D eigenvalue weighted by Gasteiger charge is 2.34. The van der Waals surface area contributed by atoms with E-state index in [0.717, 1.165) is 41.6 Å². The van der Waals surface area contributed by atoms with Crippen LogP contribution in [0.3, 0.4) is 0 Å². The molecule has 1 atom stereocenters. The standard InChI is InChI=1S/C21H22N2O4/c1-27-20-16(11-14-6-4-8-17(14)22-20)21(26)23-10-9-13-5-2-3-7-15(13)18(23)12-19(24)25/h2-3,5,7,11,18H,4,6,8-10,12H2,1H3,(H,24,25). The first-order valence-electron chi connectivity index (χ1n) is 9.26. The summed E-state index contributed by atoms with van der Waals surface area (Å²) < 4.78 is 5.39. The Bertz CT molecular complexity index is 909. The predicted molar refractivity (Wildman–Crippen MR) is 99.0 cm³/mol. The molecule has 1 amide bonds. The molecule has 4 rings (SSSR count). The molecule has 0 radical (unpaired) electrons. The smallest absolute Gasteiger partial charge is 0.305 e. The van der Waals surface area contributed by atoms with E-state index in [1.165, 1.54) is 7.11 Å². The highest BCUT2D eigenvalue weighted by molar-refractivity contribution is 5.97. The molecule has 0 spiro atoms. The van der Waals surface area contributed by atoms with Crippen LogP contribution in [-0.2, 0) is 24.1 Å². The lowest BCUT2D eigenvalue weighted by Gasteiger charge is -2.37. The highest BCUT2D eigenvalue weighted by Crippen LogP contribution is 2.35. The molecule has 0 saturated carbocycles. The van der Waals surface area contributed by atoms with Crippen LogP contribution in [0.15, 0.2) is 30.3 Å². The molecule has 2 aromatic rings. The zero-order chi connectivity index (χ0) is 19.0. The van der Waals surface area contributed by atoms with Gasteiger partial charge in [0, 0.05) is 12.2 Å². The quantitative estimate of drug-likeness (QED) is 0.900. The molecule has 1 aliphatic carbocycles. The number of rotatable bonds is 4. The van der Waals surface area contributed by atoms with Crippen LogP contribution in [0.25, 0.3) is 0 Å². The Kier molecular flexibility index (Phi) is 4.56. The molecule has 27 heavy (non-hydrogen) atoms. The number of carbonyl (C=O) groups excluding carboxylic acids is 1. The van der Waals surface area contributed by atoms with Gasteiger partial charge in [-0.05, 0) is 48.4 Å². The third-order valence-electron chi connectivity index (χ3n) is 5.48. The van der Waals surface area contributed by atoms with E-state index in [9.17, 15) is 14.7 Å². The normalized spacial score (nSPS) is 18.0. The minimum Gasteiger partial charge on any atom is -0.481 e. The van der Waals surface area contributed by atoms with Crippen LogP contribution in [-0.4, -0.2) is 40.5 Å². The van der Waals surface area contributed by atoms with Crippen LogP contribution >= 0.6 is 0 Å². The van der Waals surface area contributed by atoms with E-state index >= 15 is 0 Å². The van der Waals surface area contributed by atoms with Gasteiger partial charge < -0.3 is 14.7 Å². The lowest BCUT2D eigenvalue weighted by molar-refractivity contribution is -0.138. The molecule has 140 valence electrons. The molecule has 1 aliphatic heterocycles. The van der Waals surface area contributed by atoms with E-state index in [4.69, 9.17) is 4.74 Å². The average Bonchev–Trinajstić information content (AvgIpc) is 3.13. The molecular weight excluding hydrogens is 344 g/mol. The first-order valence-corrected chi connectivity index (χ1v) is 9.26. The molecule has 0 bridgehead atoms. The minimum absolute atomic E-state index is 0.122. The van der Waals surface area contributed by atoms with Crippen LogP contribution in [0.2, 0.25) is 0 Å². The monoisotopic (exact) mass is 366 g/mol. The molecule has 1 aromatic carbocycles. The number of aliphatic carboxylic acids is 1. The highest BCUT2D eigenvalue weighted by atomic mass is 16.5. The first-order chi connectivity index (χ1) is 13.1. The van der Waals surface area contributed by atoms with Gasteiger partial charge >= 0.3 is 5.97 Å². The predicted octanol–water partition coefficient (Wildman–Crippen LogP) is 2.79. The third-order valence-corrected chi connectivity index (χ3v) is 5.48. The number of nitrogens with zero attached hydrogens (tertiary/aromatic N) is 2. The maximum absolute atomic E-state index is 13.4. The summed E-state index contributed by atoms with van der Waals surface area (Å²) >= 11 is 0. The van der Waals surface area contributed by atoms with Gasteiger partial charge in [-0.3, -0.25) is 9.59 Å². The van der Waals surface area contributed by atoms with Gasteiger partial charge in [-0.2, -0.15) is 0 Å². The molecule has 1 N–H and O–H groups in total. The summed E-state index contributed by atoms with van der Waals surface area (Å²) in [7, 11) is 1.51. The topological polar surface area (TPSA) is 79.7 Å². The number of benzene rings is 1. The lowest BCUT2D eigenvalue weighted by Crippen LogP contribution is -2.41. The van der Waals surface area contributed by atoms with Crippen molar-refractivity contribution in [3.63, 3.8) is 0 Å². The van der Waals surface area contributed by atoms with Crippen molar-refractivity contribution in [2.75, 3.05) is 13.7 Å². The van der Waals surface area contributed by atoms with Crippen molar-refractivity contribution in [1.29, 1.82) is 0 Å². The first kappa shape index (κ1) is 17.5. The third kappa shape index (κ3) is 3.16. The van der Waals surface area contributed by atoms with Crippen molar-refractivity contribution in [1.82, 2.24) is 9.88 Å². The van der Waals surface area contributed by atoms with Gasteiger partial charge in [0.2, 0.25) is 5.88 Å². The van der Waals surface area contributed by atoms with E-state index in [1.807, 2.05) is 30.3 Å². The fraction of sp³-hybridized carbons (Fsp3) is 0.381. The van der Waals surface area contributed by atoms with Crippen LogP contribution in [0.4, 0.5) is 0 Å². The molecular formula is C21H22N2O4. The maximum atomic E-state index is 13.4. The van der Waals surface area contributed by atoms with Gasteiger partial charge in [-0.25, -0.2) is 4.98 Å². The Morgan fingerprint density at radius 1 is 1.22 bits per heavy atom.